The van der Waals surface area contributed by atoms with Gasteiger partial charge in [0.05, 0.1) is 6.54 Å². The summed E-state index contributed by atoms with van der Waals surface area (Å²) in [5.41, 5.74) is 0. The molecule has 0 aromatic carbocycles. The summed E-state index contributed by atoms with van der Waals surface area (Å²) in [6.45, 7) is 0.445. The molecule has 30 valence electrons. The van der Waals surface area contributed by atoms with E-state index in [1.165, 1.54) is 0 Å². The molecule has 0 unspecified atom stereocenters. The topological polar surface area (TPSA) is 29.1 Å². The van der Waals surface area contributed by atoms with Gasteiger partial charge in [0, 0.05) is 22.9 Å². The van der Waals surface area contributed by atoms with Crippen LogP contribution in [0, 0.1) is 0 Å². The predicted octanol–water partition coefficient (Wildman–Crippen LogP) is 0.125. The van der Waals surface area contributed by atoms with Crippen molar-refractivity contribution in [2.24, 2.45) is 0 Å². The molecule has 0 bridgehead atoms. The van der Waals surface area contributed by atoms with Gasteiger partial charge in [-0.15, -0.1) is 0 Å². The van der Waals surface area contributed by atoms with Crippen LogP contribution < -0.4 is 3.53 Å². The van der Waals surface area contributed by atoms with Crippen LogP contribution in [0.2, 0.25) is 0 Å². The van der Waals surface area contributed by atoms with Crippen LogP contribution in [-0.4, -0.2) is 12.8 Å². The van der Waals surface area contributed by atoms with E-state index in [9.17, 15) is 4.79 Å². The van der Waals surface area contributed by atoms with Gasteiger partial charge in [0.2, 0.25) is 0 Å². The summed E-state index contributed by atoms with van der Waals surface area (Å²) in [7, 11) is 0. The maximum Gasteiger partial charge on any atom is 0.134 e. The minimum atomic E-state index is 0.445. The number of halogens is 1. The highest BCUT2D eigenvalue weighted by Crippen LogP contribution is 1.59. The number of carbonyl (C=O) groups excluding carboxylic acids is 1. The Morgan fingerprint density at radius 3 is 2.60 bits per heavy atom. The maximum atomic E-state index is 9.34. The Hall–Kier alpha value is 0.360. The lowest BCUT2D eigenvalue weighted by Crippen LogP contribution is -1.98. The third kappa shape index (κ3) is 4.36. The van der Waals surface area contributed by atoms with Crippen molar-refractivity contribution in [2.45, 2.75) is 0 Å². The van der Waals surface area contributed by atoms with Crippen molar-refractivity contribution in [2.75, 3.05) is 6.54 Å². The van der Waals surface area contributed by atoms with Crippen molar-refractivity contribution >= 4 is 29.2 Å². The van der Waals surface area contributed by atoms with Crippen molar-refractivity contribution in [3.05, 3.63) is 0 Å². The average molecular weight is 185 g/mol. The second kappa shape index (κ2) is 4.36. The minimum Gasteiger partial charge on any atom is -0.302 e. The molecule has 0 amide bonds. The lowest BCUT2D eigenvalue weighted by molar-refractivity contribution is -0.106. The number of hydrogen-bond acceptors (Lipinski definition) is 2. The highest BCUT2D eigenvalue weighted by molar-refractivity contribution is 14.1. The zero-order valence-electron chi connectivity index (χ0n) is 2.57. The molecule has 0 aliphatic heterocycles. The Kier molecular flexibility index (Phi) is 4.67. The molecule has 5 heavy (non-hydrogen) atoms. The molecule has 2 nitrogen and oxygen atoms in total. The van der Waals surface area contributed by atoms with Gasteiger partial charge in [0.1, 0.15) is 6.29 Å². The van der Waals surface area contributed by atoms with Crippen LogP contribution in [0.1, 0.15) is 0 Å². The van der Waals surface area contributed by atoms with Gasteiger partial charge in [0.25, 0.3) is 0 Å². The second-order valence-electron chi connectivity index (χ2n) is 0.504. The first-order chi connectivity index (χ1) is 2.41. The zero-order valence-corrected chi connectivity index (χ0v) is 4.73. The number of rotatable bonds is 2. The van der Waals surface area contributed by atoms with Gasteiger partial charge in [0.15, 0.2) is 0 Å². The molecule has 0 radical (unpaired) electrons. The van der Waals surface area contributed by atoms with Crippen LogP contribution in [-0.2, 0) is 4.79 Å². The molecule has 0 spiro atoms. The third-order valence-electron chi connectivity index (χ3n) is 0.160. The molecular formula is C2H4INO. The summed E-state index contributed by atoms with van der Waals surface area (Å²) >= 11 is 1.91. The van der Waals surface area contributed by atoms with E-state index in [4.69, 9.17) is 0 Å². The van der Waals surface area contributed by atoms with Crippen molar-refractivity contribution < 1.29 is 4.79 Å². The van der Waals surface area contributed by atoms with Gasteiger partial charge in [-0.2, -0.15) is 0 Å². The van der Waals surface area contributed by atoms with E-state index in [0.717, 1.165) is 6.29 Å². The van der Waals surface area contributed by atoms with E-state index >= 15 is 0 Å². The largest absolute Gasteiger partial charge is 0.302 e. The van der Waals surface area contributed by atoms with Gasteiger partial charge >= 0.3 is 0 Å². The molecule has 0 saturated heterocycles. The standard InChI is InChI=1S/C2H4INO/c3-4-1-2-5/h2,4H,1H2. The fraction of sp³-hybridized carbons (Fsp3) is 0.500. The van der Waals surface area contributed by atoms with Crippen LogP contribution in [0.4, 0.5) is 0 Å². The smallest absolute Gasteiger partial charge is 0.134 e. The number of nitrogens with one attached hydrogen (secondary N) is 1. The number of carbonyl (C=O) groups is 1. The Balaban J connectivity index is 2.40. The molecule has 0 saturated carbocycles. The average Bonchev–Trinajstić information content (AvgIpc) is 1.41. The lowest BCUT2D eigenvalue weighted by Gasteiger charge is -1.72. The molecule has 0 aliphatic rings. The lowest BCUT2D eigenvalue weighted by atomic mass is 10.8. The van der Waals surface area contributed by atoms with E-state index in [1.54, 1.807) is 0 Å². The van der Waals surface area contributed by atoms with Crippen LogP contribution in [0.25, 0.3) is 0 Å². The van der Waals surface area contributed by atoms with Gasteiger partial charge < -0.3 is 4.79 Å². The first-order valence-electron chi connectivity index (χ1n) is 1.19. The van der Waals surface area contributed by atoms with E-state index in [0.29, 0.717) is 6.54 Å². The Morgan fingerprint density at radius 2 is 2.60 bits per heavy atom. The molecule has 3 heteroatoms. The maximum absolute atomic E-state index is 9.34. The minimum absolute atomic E-state index is 0.445. The second-order valence-corrected chi connectivity index (χ2v) is 1.27. The molecule has 0 aliphatic carbocycles. The van der Waals surface area contributed by atoms with Gasteiger partial charge in [-0.3, -0.25) is 3.53 Å². The number of hydrogen-bond donors (Lipinski definition) is 1. The monoisotopic (exact) mass is 185 g/mol. The molecule has 1 N–H and O–H groups in total. The summed E-state index contributed by atoms with van der Waals surface area (Å²) in [5.74, 6) is 0. The summed E-state index contributed by atoms with van der Waals surface area (Å²) in [5, 5.41) is 0. The molecule has 0 aromatic rings. The SMILES string of the molecule is O=CCNI. The van der Waals surface area contributed by atoms with Crippen molar-refractivity contribution in [3.63, 3.8) is 0 Å². The summed E-state index contributed by atoms with van der Waals surface area (Å²) in [6, 6.07) is 0. The Labute approximate surface area is 44.4 Å². The zero-order chi connectivity index (χ0) is 4.12. The van der Waals surface area contributed by atoms with E-state index in [2.05, 4.69) is 3.53 Å². The van der Waals surface area contributed by atoms with E-state index < -0.39 is 0 Å². The van der Waals surface area contributed by atoms with Gasteiger partial charge in [-0.25, -0.2) is 0 Å². The molecule has 0 heterocycles. The van der Waals surface area contributed by atoms with Crippen LogP contribution in [0.3, 0.4) is 0 Å². The quantitative estimate of drug-likeness (QED) is 0.376. The van der Waals surface area contributed by atoms with Crippen molar-refractivity contribution in [1.82, 2.24) is 3.53 Å². The van der Waals surface area contributed by atoms with Crippen LogP contribution in [0.15, 0.2) is 0 Å². The van der Waals surface area contributed by atoms with Crippen LogP contribution >= 0.6 is 22.9 Å². The normalized spacial score (nSPS) is 7.40. The van der Waals surface area contributed by atoms with Gasteiger partial charge in [-0.1, -0.05) is 0 Å². The van der Waals surface area contributed by atoms with Crippen LogP contribution in [0.5, 0.6) is 0 Å². The summed E-state index contributed by atoms with van der Waals surface area (Å²) in [4.78, 5) is 9.34. The van der Waals surface area contributed by atoms with Crippen molar-refractivity contribution in [3.8, 4) is 0 Å². The van der Waals surface area contributed by atoms with Crippen molar-refractivity contribution in [1.29, 1.82) is 0 Å². The third-order valence-corrected chi connectivity index (χ3v) is 0.601. The Bertz CT molecular complexity index is 30.8. The molecule has 0 atom stereocenters. The summed E-state index contributed by atoms with van der Waals surface area (Å²) < 4.78 is 2.62. The molecule has 0 rings (SSSR count). The molecule has 0 fully saturated rings. The molecule has 0 aromatic heterocycles. The van der Waals surface area contributed by atoms with E-state index in [-0.39, 0.29) is 0 Å². The summed E-state index contributed by atoms with van der Waals surface area (Å²) in [6.07, 6.45) is 0.812. The fourth-order valence-electron chi connectivity index (χ4n) is 0.0315. The molecular weight excluding hydrogens is 181 g/mol. The first kappa shape index (κ1) is 5.36. The Morgan fingerprint density at radius 1 is 2.00 bits per heavy atom. The highest BCUT2D eigenvalue weighted by atomic mass is 127. The number of aldehydes is 1. The van der Waals surface area contributed by atoms with E-state index in [1.807, 2.05) is 22.9 Å². The predicted molar refractivity (Wildman–Crippen MR) is 28.1 cm³/mol. The van der Waals surface area contributed by atoms with Gasteiger partial charge in [-0.05, 0) is 0 Å². The first-order valence-corrected chi connectivity index (χ1v) is 2.27. The fourth-order valence-corrected chi connectivity index (χ4v) is 0.211. The highest BCUT2D eigenvalue weighted by Gasteiger charge is 1.64.